The van der Waals surface area contributed by atoms with E-state index in [9.17, 15) is 13.6 Å². The van der Waals surface area contributed by atoms with Crippen LogP contribution in [0.15, 0.2) is 54.6 Å². The highest BCUT2D eigenvalue weighted by atomic mass is 32.2. The summed E-state index contributed by atoms with van der Waals surface area (Å²) in [6.45, 7) is 0. The topological polar surface area (TPSA) is 29.5 Å². The molecule has 1 saturated heterocycles. The summed E-state index contributed by atoms with van der Waals surface area (Å²) in [6, 6.07) is 14.9. The summed E-state index contributed by atoms with van der Waals surface area (Å²) in [5.41, 5.74) is 0.989. The first-order chi connectivity index (χ1) is 12.6. The fraction of sp³-hybridized carbons (Fsp3) is 0.150. The lowest BCUT2D eigenvalue weighted by molar-refractivity contribution is -0.115. The van der Waals surface area contributed by atoms with Crippen molar-refractivity contribution in [2.24, 2.45) is 0 Å². The SMILES string of the molecule is COc1ccc2cc([C@H]3SCC(=O)N3c3ccc(F)cc3F)ccc2c1. The number of benzene rings is 3. The quantitative estimate of drug-likeness (QED) is 0.655. The minimum Gasteiger partial charge on any atom is -0.497 e. The molecule has 26 heavy (non-hydrogen) atoms. The second-order valence-corrected chi connectivity index (χ2v) is 7.06. The largest absolute Gasteiger partial charge is 0.497 e. The normalized spacial score (nSPS) is 17.1. The number of ether oxygens (including phenoxy) is 1. The Morgan fingerprint density at radius 1 is 1.04 bits per heavy atom. The molecule has 6 heteroatoms. The van der Waals surface area contributed by atoms with E-state index in [1.807, 2.05) is 36.4 Å². The number of anilines is 1. The fourth-order valence-corrected chi connectivity index (χ4v) is 4.29. The Morgan fingerprint density at radius 3 is 2.58 bits per heavy atom. The fourth-order valence-electron chi connectivity index (χ4n) is 3.13. The Morgan fingerprint density at radius 2 is 1.81 bits per heavy atom. The minimum atomic E-state index is -0.739. The zero-order valence-corrected chi connectivity index (χ0v) is 14.7. The van der Waals surface area contributed by atoms with E-state index in [0.717, 1.165) is 28.2 Å². The second-order valence-electron chi connectivity index (χ2n) is 6.00. The second kappa shape index (κ2) is 6.61. The van der Waals surface area contributed by atoms with Gasteiger partial charge in [0, 0.05) is 6.07 Å². The Labute approximate surface area is 153 Å². The van der Waals surface area contributed by atoms with Gasteiger partial charge in [0.05, 0.1) is 18.6 Å². The van der Waals surface area contributed by atoms with Crippen LogP contribution in [0.2, 0.25) is 0 Å². The maximum atomic E-state index is 14.2. The molecule has 132 valence electrons. The smallest absolute Gasteiger partial charge is 0.238 e. The van der Waals surface area contributed by atoms with E-state index in [-0.39, 0.29) is 22.7 Å². The van der Waals surface area contributed by atoms with Crippen molar-refractivity contribution in [3.05, 3.63) is 71.8 Å². The summed E-state index contributed by atoms with van der Waals surface area (Å²) in [5.74, 6) is -0.577. The molecule has 1 aliphatic heterocycles. The van der Waals surface area contributed by atoms with Gasteiger partial charge in [-0.1, -0.05) is 18.2 Å². The first kappa shape index (κ1) is 16.8. The number of hydrogen-bond donors (Lipinski definition) is 0. The maximum absolute atomic E-state index is 14.2. The van der Waals surface area contributed by atoms with Crippen molar-refractivity contribution in [3.63, 3.8) is 0 Å². The Kier molecular flexibility index (Phi) is 4.28. The van der Waals surface area contributed by atoms with Gasteiger partial charge in [-0.2, -0.15) is 0 Å². The number of carbonyl (C=O) groups excluding carboxylic acids is 1. The van der Waals surface area contributed by atoms with Crippen molar-refractivity contribution in [2.75, 3.05) is 17.8 Å². The highest BCUT2D eigenvalue weighted by Crippen LogP contribution is 2.43. The van der Waals surface area contributed by atoms with Crippen molar-refractivity contribution in [1.29, 1.82) is 0 Å². The number of nitrogens with zero attached hydrogens (tertiary/aromatic N) is 1. The zero-order chi connectivity index (χ0) is 18.3. The van der Waals surface area contributed by atoms with Crippen molar-refractivity contribution in [2.45, 2.75) is 5.37 Å². The Bertz CT molecular complexity index is 1010. The predicted molar refractivity (Wildman–Crippen MR) is 99.5 cm³/mol. The third-order valence-electron chi connectivity index (χ3n) is 4.39. The standard InChI is InChI=1S/C20H15F2NO2S/c1-25-16-6-4-12-8-14(3-2-13(12)9-16)20-23(19(24)11-26-20)18-7-5-15(21)10-17(18)22/h2-10,20H,11H2,1H3/t20-/m1/s1. The molecule has 0 N–H and O–H groups in total. The van der Waals surface area contributed by atoms with Crippen LogP contribution < -0.4 is 9.64 Å². The molecule has 0 bridgehead atoms. The van der Waals surface area contributed by atoms with E-state index in [0.29, 0.717) is 0 Å². The summed E-state index contributed by atoms with van der Waals surface area (Å²) < 4.78 is 32.7. The van der Waals surface area contributed by atoms with Crippen LogP contribution >= 0.6 is 11.8 Å². The lowest BCUT2D eigenvalue weighted by Gasteiger charge is -2.25. The van der Waals surface area contributed by atoms with E-state index in [4.69, 9.17) is 4.74 Å². The molecule has 0 aromatic heterocycles. The minimum absolute atomic E-state index is 0.0984. The van der Waals surface area contributed by atoms with Crippen LogP contribution in [-0.4, -0.2) is 18.8 Å². The molecule has 0 aliphatic carbocycles. The predicted octanol–water partition coefficient (Wildman–Crippen LogP) is 4.91. The first-order valence-corrected chi connectivity index (χ1v) is 9.08. The molecular formula is C20H15F2NO2S. The number of amides is 1. The summed E-state index contributed by atoms with van der Waals surface area (Å²) in [7, 11) is 1.62. The van der Waals surface area contributed by atoms with E-state index < -0.39 is 11.6 Å². The molecule has 1 fully saturated rings. The van der Waals surface area contributed by atoms with Gasteiger partial charge in [0.1, 0.15) is 22.8 Å². The van der Waals surface area contributed by atoms with E-state index >= 15 is 0 Å². The number of hydrogen-bond acceptors (Lipinski definition) is 3. The van der Waals surface area contributed by atoms with Crippen LogP contribution in [0.3, 0.4) is 0 Å². The lowest BCUT2D eigenvalue weighted by atomic mass is 10.1. The molecule has 0 spiro atoms. The third kappa shape index (κ3) is 2.90. The monoisotopic (exact) mass is 371 g/mol. The van der Waals surface area contributed by atoms with Crippen LogP contribution in [0.5, 0.6) is 5.75 Å². The highest BCUT2D eigenvalue weighted by Gasteiger charge is 2.35. The highest BCUT2D eigenvalue weighted by molar-refractivity contribution is 8.00. The van der Waals surface area contributed by atoms with Crippen LogP contribution in [0.4, 0.5) is 14.5 Å². The average molecular weight is 371 g/mol. The van der Waals surface area contributed by atoms with Crippen LogP contribution in [0.1, 0.15) is 10.9 Å². The van der Waals surface area contributed by atoms with Gasteiger partial charge < -0.3 is 4.74 Å². The summed E-state index contributed by atoms with van der Waals surface area (Å²) in [6.07, 6.45) is 0. The van der Waals surface area contributed by atoms with E-state index in [1.54, 1.807) is 7.11 Å². The molecule has 4 rings (SSSR count). The van der Waals surface area contributed by atoms with Gasteiger partial charge in [-0.15, -0.1) is 11.8 Å². The molecule has 0 saturated carbocycles. The number of fused-ring (bicyclic) bond motifs is 1. The van der Waals surface area contributed by atoms with E-state index in [2.05, 4.69) is 0 Å². The molecule has 0 unspecified atom stereocenters. The summed E-state index contributed by atoms with van der Waals surface area (Å²) in [4.78, 5) is 13.8. The van der Waals surface area contributed by atoms with E-state index in [1.165, 1.54) is 28.8 Å². The van der Waals surface area contributed by atoms with Crippen molar-refractivity contribution >= 4 is 34.1 Å². The van der Waals surface area contributed by atoms with Gasteiger partial charge in [0.2, 0.25) is 5.91 Å². The Balaban J connectivity index is 1.75. The molecule has 1 heterocycles. The van der Waals surface area contributed by atoms with Gasteiger partial charge in [-0.25, -0.2) is 8.78 Å². The number of halogens is 2. The van der Waals surface area contributed by atoms with Crippen LogP contribution in [0, 0.1) is 11.6 Å². The summed E-state index contributed by atoms with van der Waals surface area (Å²) in [5, 5.41) is 1.67. The van der Waals surface area contributed by atoms with Crippen molar-refractivity contribution in [1.82, 2.24) is 0 Å². The van der Waals surface area contributed by atoms with Crippen LogP contribution in [0.25, 0.3) is 10.8 Å². The summed E-state index contributed by atoms with van der Waals surface area (Å²) >= 11 is 1.43. The van der Waals surface area contributed by atoms with Crippen molar-refractivity contribution in [3.8, 4) is 5.75 Å². The number of carbonyl (C=O) groups is 1. The molecule has 3 nitrogen and oxygen atoms in total. The molecule has 1 aliphatic rings. The number of methoxy groups -OCH3 is 1. The van der Waals surface area contributed by atoms with Gasteiger partial charge >= 0.3 is 0 Å². The van der Waals surface area contributed by atoms with Gasteiger partial charge in [-0.3, -0.25) is 9.69 Å². The Hall–Kier alpha value is -2.60. The van der Waals surface area contributed by atoms with Crippen LogP contribution in [-0.2, 0) is 4.79 Å². The third-order valence-corrected chi connectivity index (χ3v) is 5.61. The number of rotatable bonds is 3. The molecule has 3 aromatic rings. The maximum Gasteiger partial charge on any atom is 0.238 e. The van der Waals surface area contributed by atoms with Gasteiger partial charge in [0.25, 0.3) is 0 Å². The van der Waals surface area contributed by atoms with Crippen molar-refractivity contribution < 1.29 is 18.3 Å². The molecule has 3 aromatic carbocycles. The van der Waals surface area contributed by atoms with Gasteiger partial charge in [0.15, 0.2) is 0 Å². The average Bonchev–Trinajstić information content (AvgIpc) is 3.02. The molecular weight excluding hydrogens is 356 g/mol. The first-order valence-electron chi connectivity index (χ1n) is 8.03. The van der Waals surface area contributed by atoms with Gasteiger partial charge in [-0.05, 0) is 46.7 Å². The number of thioether (sulfide) groups is 1. The lowest BCUT2D eigenvalue weighted by Crippen LogP contribution is -2.28. The molecule has 0 radical (unpaired) electrons. The molecule has 1 atom stereocenters. The zero-order valence-electron chi connectivity index (χ0n) is 13.9. The molecule has 1 amide bonds.